The van der Waals surface area contributed by atoms with Crippen LogP contribution in [-0.4, -0.2) is 10.2 Å². The van der Waals surface area contributed by atoms with E-state index in [0.717, 1.165) is 44.4 Å². The van der Waals surface area contributed by atoms with Crippen LogP contribution in [0.15, 0.2) is 0 Å². The SMILES string of the molecule is CCCC(Cl)(Cl)CCCCCCl. The van der Waals surface area contributed by atoms with Crippen LogP contribution in [0.2, 0.25) is 0 Å². The molecule has 0 aliphatic carbocycles. The van der Waals surface area contributed by atoms with E-state index in [1.165, 1.54) is 0 Å². The van der Waals surface area contributed by atoms with E-state index in [1.54, 1.807) is 0 Å². The zero-order chi connectivity index (χ0) is 9.45. The van der Waals surface area contributed by atoms with Gasteiger partial charge in [0.25, 0.3) is 0 Å². The van der Waals surface area contributed by atoms with Crippen molar-refractivity contribution < 1.29 is 0 Å². The summed E-state index contributed by atoms with van der Waals surface area (Å²) in [7, 11) is 0. The number of alkyl halides is 3. The zero-order valence-corrected chi connectivity index (χ0v) is 9.85. The highest BCUT2D eigenvalue weighted by Gasteiger charge is 2.21. The predicted octanol–water partition coefficient (Wildman–Crippen LogP) is 4.76. The molecule has 0 spiro atoms. The van der Waals surface area contributed by atoms with Crippen molar-refractivity contribution in [3.63, 3.8) is 0 Å². The second kappa shape index (κ2) is 7.29. The molecule has 0 heterocycles. The second-order valence-corrected chi connectivity index (χ2v) is 5.12. The normalized spacial score (nSPS) is 12.0. The maximum atomic E-state index is 6.05. The summed E-state index contributed by atoms with van der Waals surface area (Å²) in [6, 6.07) is 0. The van der Waals surface area contributed by atoms with E-state index < -0.39 is 4.33 Å². The summed E-state index contributed by atoms with van der Waals surface area (Å²) >= 11 is 17.6. The van der Waals surface area contributed by atoms with Crippen LogP contribution >= 0.6 is 34.8 Å². The van der Waals surface area contributed by atoms with Gasteiger partial charge in [-0.05, 0) is 19.3 Å². The number of hydrogen-bond donors (Lipinski definition) is 0. The third kappa shape index (κ3) is 7.52. The van der Waals surface area contributed by atoms with Crippen molar-refractivity contribution in [2.24, 2.45) is 0 Å². The monoisotopic (exact) mass is 230 g/mol. The van der Waals surface area contributed by atoms with Gasteiger partial charge in [0, 0.05) is 5.88 Å². The highest BCUT2D eigenvalue weighted by atomic mass is 35.5. The van der Waals surface area contributed by atoms with Crippen molar-refractivity contribution in [1.29, 1.82) is 0 Å². The Morgan fingerprint density at radius 1 is 1.00 bits per heavy atom. The highest BCUT2D eigenvalue weighted by molar-refractivity contribution is 6.48. The van der Waals surface area contributed by atoms with Crippen molar-refractivity contribution in [3.8, 4) is 0 Å². The Kier molecular flexibility index (Phi) is 7.82. The largest absolute Gasteiger partial charge is 0.127 e. The van der Waals surface area contributed by atoms with E-state index in [0.29, 0.717) is 0 Å². The number of rotatable bonds is 7. The molecule has 0 saturated heterocycles. The van der Waals surface area contributed by atoms with Crippen molar-refractivity contribution in [2.45, 2.75) is 49.8 Å². The summed E-state index contributed by atoms with van der Waals surface area (Å²) < 4.78 is -0.499. The Balaban J connectivity index is 3.33. The maximum absolute atomic E-state index is 6.05. The van der Waals surface area contributed by atoms with Crippen LogP contribution in [-0.2, 0) is 0 Å². The molecule has 12 heavy (non-hydrogen) atoms. The fourth-order valence-corrected chi connectivity index (χ4v) is 1.98. The molecular weight excluding hydrogens is 214 g/mol. The molecule has 0 aromatic rings. The molecule has 0 aromatic carbocycles. The molecule has 0 aliphatic rings. The first-order valence-electron chi connectivity index (χ1n) is 4.56. The summed E-state index contributed by atoms with van der Waals surface area (Å²) in [5, 5.41) is 0. The number of hydrogen-bond acceptors (Lipinski definition) is 0. The molecule has 0 aromatic heterocycles. The highest BCUT2D eigenvalue weighted by Crippen LogP contribution is 2.32. The average molecular weight is 232 g/mol. The second-order valence-electron chi connectivity index (χ2n) is 3.11. The standard InChI is InChI=1S/C9H17Cl3/c1-2-6-9(11,12)7-4-3-5-8-10/h2-8H2,1H3. The molecule has 0 unspecified atom stereocenters. The van der Waals surface area contributed by atoms with Gasteiger partial charge < -0.3 is 0 Å². The smallest absolute Gasteiger partial charge is 0.118 e. The molecule has 0 N–H and O–H groups in total. The molecule has 0 amide bonds. The van der Waals surface area contributed by atoms with Crippen LogP contribution < -0.4 is 0 Å². The Bertz CT molecular complexity index is 102. The van der Waals surface area contributed by atoms with E-state index in [4.69, 9.17) is 34.8 Å². The van der Waals surface area contributed by atoms with Crippen LogP contribution in [0.25, 0.3) is 0 Å². The predicted molar refractivity (Wildman–Crippen MR) is 58.5 cm³/mol. The minimum Gasteiger partial charge on any atom is -0.127 e. The lowest BCUT2D eigenvalue weighted by molar-refractivity contribution is 0.573. The Morgan fingerprint density at radius 3 is 2.17 bits per heavy atom. The summed E-state index contributed by atoms with van der Waals surface area (Å²) in [4.78, 5) is 0. The molecule has 0 rings (SSSR count). The van der Waals surface area contributed by atoms with Crippen LogP contribution in [0, 0.1) is 0 Å². The Labute approximate surface area is 90.6 Å². The third-order valence-corrected chi connectivity index (χ3v) is 2.82. The first kappa shape index (κ1) is 12.9. The van der Waals surface area contributed by atoms with Crippen molar-refractivity contribution in [3.05, 3.63) is 0 Å². The fourth-order valence-electron chi connectivity index (χ4n) is 1.15. The molecule has 0 atom stereocenters. The van der Waals surface area contributed by atoms with Gasteiger partial charge in [0.1, 0.15) is 4.33 Å². The van der Waals surface area contributed by atoms with E-state index in [2.05, 4.69) is 6.92 Å². The van der Waals surface area contributed by atoms with Gasteiger partial charge in [0.2, 0.25) is 0 Å². The third-order valence-electron chi connectivity index (χ3n) is 1.79. The van der Waals surface area contributed by atoms with Crippen molar-refractivity contribution in [2.75, 3.05) is 5.88 Å². The molecule has 0 saturated carbocycles. The van der Waals surface area contributed by atoms with Gasteiger partial charge in [0.15, 0.2) is 0 Å². The topological polar surface area (TPSA) is 0 Å². The van der Waals surface area contributed by atoms with Crippen molar-refractivity contribution in [1.82, 2.24) is 0 Å². The van der Waals surface area contributed by atoms with Gasteiger partial charge >= 0.3 is 0 Å². The number of unbranched alkanes of at least 4 members (excludes halogenated alkanes) is 2. The summed E-state index contributed by atoms with van der Waals surface area (Å²) in [6.07, 6.45) is 6.10. The van der Waals surface area contributed by atoms with Gasteiger partial charge in [-0.15, -0.1) is 34.8 Å². The molecule has 74 valence electrons. The van der Waals surface area contributed by atoms with Crippen LogP contribution in [0.5, 0.6) is 0 Å². The molecule has 0 bridgehead atoms. The Morgan fingerprint density at radius 2 is 1.67 bits per heavy atom. The summed E-state index contributed by atoms with van der Waals surface area (Å²) in [6.45, 7) is 2.10. The first-order valence-corrected chi connectivity index (χ1v) is 5.85. The van der Waals surface area contributed by atoms with Crippen molar-refractivity contribution >= 4 is 34.8 Å². The molecule has 0 radical (unpaired) electrons. The van der Waals surface area contributed by atoms with Gasteiger partial charge in [0.05, 0.1) is 0 Å². The summed E-state index contributed by atoms with van der Waals surface area (Å²) in [5.74, 6) is 0.741. The van der Waals surface area contributed by atoms with Gasteiger partial charge in [-0.2, -0.15) is 0 Å². The number of halogens is 3. The quantitative estimate of drug-likeness (QED) is 0.438. The molecule has 3 heteroatoms. The van der Waals surface area contributed by atoms with Gasteiger partial charge in [-0.1, -0.05) is 26.2 Å². The van der Waals surface area contributed by atoms with Gasteiger partial charge in [-0.25, -0.2) is 0 Å². The van der Waals surface area contributed by atoms with Gasteiger partial charge in [-0.3, -0.25) is 0 Å². The average Bonchev–Trinajstić information content (AvgIpc) is 1.98. The van der Waals surface area contributed by atoms with E-state index >= 15 is 0 Å². The van der Waals surface area contributed by atoms with E-state index in [9.17, 15) is 0 Å². The lowest BCUT2D eigenvalue weighted by Crippen LogP contribution is -2.11. The minimum absolute atomic E-state index is 0.499. The lowest BCUT2D eigenvalue weighted by atomic mass is 10.1. The molecule has 0 nitrogen and oxygen atoms in total. The molecule has 0 aliphatic heterocycles. The lowest BCUT2D eigenvalue weighted by Gasteiger charge is -2.17. The minimum atomic E-state index is -0.499. The maximum Gasteiger partial charge on any atom is 0.118 e. The van der Waals surface area contributed by atoms with Crippen LogP contribution in [0.4, 0.5) is 0 Å². The molecular formula is C9H17Cl3. The first-order chi connectivity index (χ1) is 5.62. The Hall–Kier alpha value is 0.870. The van der Waals surface area contributed by atoms with Crippen LogP contribution in [0.1, 0.15) is 45.4 Å². The fraction of sp³-hybridized carbons (Fsp3) is 1.00. The van der Waals surface area contributed by atoms with E-state index in [1.807, 2.05) is 0 Å². The van der Waals surface area contributed by atoms with E-state index in [-0.39, 0.29) is 0 Å². The van der Waals surface area contributed by atoms with Crippen LogP contribution in [0.3, 0.4) is 0 Å². The summed E-state index contributed by atoms with van der Waals surface area (Å²) in [5.41, 5.74) is 0. The zero-order valence-electron chi connectivity index (χ0n) is 7.58. The molecule has 0 fully saturated rings.